The molecule has 1 heterocycles. The average molecular weight is 428 g/mol. The van der Waals surface area contributed by atoms with Crippen LogP contribution >= 0.6 is 0 Å². The number of carbonyl (C=O) groups excluding carboxylic acids is 2. The van der Waals surface area contributed by atoms with Crippen molar-refractivity contribution in [3.05, 3.63) is 48.0 Å². The third-order valence-electron chi connectivity index (χ3n) is 5.38. The predicted molar refractivity (Wildman–Crippen MR) is 116 cm³/mol. The average Bonchev–Trinajstić information content (AvgIpc) is 3.47. The van der Waals surface area contributed by atoms with Gasteiger partial charge in [-0.1, -0.05) is 19.9 Å². The minimum Gasteiger partial charge on any atom is -0.326 e. The van der Waals surface area contributed by atoms with Crippen molar-refractivity contribution in [3.63, 3.8) is 0 Å². The maximum atomic E-state index is 12.8. The molecule has 1 saturated carbocycles. The molecule has 2 aromatic carbocycles. The van der Waals surface area contributed by atoms with Gasteiger partial charge in [0.1, 0.15) is 0 Å². The summed E-state index contributed by atoms with van der Waals surface area (Å²) in [5.41, 5.74) is 2.80. The van der Waals surface area contributed by atoms with E-state index in [2.05, 4.69) is 10.0 Å². The molecule has 0 radical (unpaired) electrons. The van der Waals surface area contributed by atoms with Crippen molar-refractivity contribution in [1.29, 1.82) is 0 Å². The number of fused-ring (bicyclic) bond motifs is 1. The highest BCUT2D eigenvalue weighted by molar-refractivity contribution is 7.92. The molecule has 0 atom stereocenters. The van der Waals surface area contributed by atoms with Crippen LogP contribution in [0, 0.1) is 11.8 Å². The summed E-state index contributed by atoms with van der Waals surface area (Å²) in [5, 5.41) is 2.74. The molecule has 0 spiro atoms. The number of rotatable bonds is 6. The van der Waals surface area contributed by atoms with Crippen LogP contribution in [0.1, 0.15) is 32.3 Å². The second-order valence-corrected chi connectivity index (χ2v) is 9.81. The first kappa shape index (κ1) is 20.4. The molecule has 1 fully saturated rings. The Hall–Kier alpha value is -2.87. The van der Waals surface area contributed by atoms with Crippen LogP contribution < -0.4 is 14.9 Å². The Bertz CT molecular complexity index is 1090. The van der Waals surface area contributed by atoms with Gasteiger partial charge in [-0.2, -0.15) is 0 Å². The minimum absolute atomic E-state index is 0.0939. The van der Waals surface area contributed by atoms with Gasteiger partial charge in [-0.15, -0.1) is 0 Å². The molecular formula is C22H25N3O4S. The smallest absolute Gasteiger partial charge is 0.261 e. The summed E-state index contributed by atoms with van der Waals surface area (Å²) >= 11 is 0. The van der Waals surface area contributed by atoms with E-state index in [9.17, 15) is 18.0 Å². The second kappa shape index (κ2) is 7.75. The molecule has 0 unspecified atom stereocenters. The summed E-state index contributed by atoms with van der Waals surface area (Å²) < 4.78 is 28.2. The molecule has 2 amide bonds. The number of anilines is 3. The van der Waals surface area contributed by atoms with Gasteiger partial charge < -0.3 is 10.2 Å². The lowest BCUT2D eigenvalue weighted by Crippen LogP contribution is -2.30. The Labute approximate surface area is 176 Å². The molecule has 7 nitrogen and oxygen atoms in total. The summed E-state index contributed by atoms with van der Waals surface area (Å²) in [5.74, 6) is -0.0489. The van der Waals surface area contributed by atoms with E-state index >= 15 is 0 Å². The van der Waals surface area contributed by atoms with Crippen molar-refractivity contribution < 1.29 is 18.0 Å². The summed E-state index contributed by atoms with van der Waals surface area (Å²) in [6.07, 6.45) is 2.65. The lowest BCUT2D eigenvalue weighted by Gasteiger charge is -2.18. The Morgan fingerprint density at radius 2 is 1.70 bits per heavy atom. The van der Waals surface area contributed by atoms with Crippen molar-refractivity contribution in [2.24, 2.45) is 11.8 Å². The highest BCUT2D eigenvalue weighted by atomic mass is 32.2. The highest BCUT2D eigenvalue weighted by Crippen LogP contribution is 2.37. The van der Waals surface area contributed by atoms with Crippen LogP contribution in [0.3, 0.4) is 0 Å². The van der Waals surface area contributed by atoms with Gasteiger partial charge in [-0.25, -0.2) is 8.42 Å². The lowest BCUT2D eigenvalue weighted by atomic mass is 10.1. The van der Waals surface area contributed by atoms with Gasteiger partial charge in [0.2, 0.25) is 11.8 Å². The number of sulfonamides is 1. The normalized spacial score (nSPS) is 15.8. The van der Waals surface area contributed by atoms with Crippen molar-refractivity contribution in [3.8, 4) is 0 Å². The molecule has 2 aliphatic rings. The fourth-order valence-corrected chi connectivity index (χ4v) is 4.49. The molecule has 2 N–H and O–H groups in total. The summed E-state index contributed by atoms with van der Waals surface area (Å²) in [6, 6.07) is 11.4. The van der Waals surface area contributed by atoms with Gasteiger partial charge in [0.25, 0.3) is 10.0 Å². The fraction of sp³-hybridized carbons (Fsp3) is 0.364. The molecule has 0 bridgehead atoms. The number of nitrogens with one attached hydrogen (secondary N) is 2. The fourth-order valence-electron chi connectivity index (χ4n) is 3.44. The number of hydrogen-bond donors (Lipinski definition) is 2. The van der Waals surface area contributed by atoms with Gasteiger partial charge in [0.15, 0.2) is 0 Å². The molecule has 1 aliphatic heterocycles. The number of benzene rings is 2. The van der Waals surface area contributed by atoms with Gasteiger partial charge in [-0.3, -0.25) is 14.3 Å². The van der Waals surface area contributed by atoms with Gasteiger partial charge in [0, 0.05) is 29.8 Å². The Morgan fingerprint density at radius 1 is 1.03 bits per heavy atom. The van der Waals surface area contributed by atoms with Crippen molar-refractivity contribution in [2.45, 2.75) is 38.0 Å². The number of hydrogen-bond acceptors (Lipinski definition) is 4. The van der Waals surface area contributed by atoms with Crippen molar-refractivity contribution >= 4 is 38.9 Å². The molecule has 4 rings (SSSR count). The first-order valence-electron chi connectivity index (χ1n) is 10.1. The lowest BCUT2D eigenvalue weighted by molar-refractivity contribution is -0.120. The number of nitrogens with zero attached hydrogens (tertiary/aromatic N) is 1. The standard InChI is InChI=1S/C22H25N3O4S/c1-14(2)21(26)23-17-7-9-19(10-8-17)30(28,29)24-18-6-5-15-11-12-25(20(15)13-18)22(27)16-3-4-16/h5-10,13-14,16,24H,3-4,11-12H2,1-2H3,(H,23,26). The maximum Gasteiger partial charge on any atom is 0.261 e. The van der Waals surface area contributed by atoms with E-state index in [1.54, 1.807) is 43.0 Å². The van der Waals surface area contributed by atoms with E-state index in [0.29, 0.717) is 17.9 Å². The quantitative estimate of drug-likeness (QED) is 0.739. The van der Waals surface area contributed by atoms with Crippen LogP contribution in [0.2, 0.25) is 0 Å². The van der Waals surface area contributed by atoms with Crippen molar-refractivity contribution in [2.75, 3.05) is 21.5 Å². The van der Waals surface area contributed by atoms with E-state index in [-0.39, 0.29) is 28.5 Å². The van der Waals surface area contributed by atoms with E-state index in [0.717, 1.165) is 30.5 Å². The van der Waals surface area contributed by atoms with Crippen molar-refractivity contribution in [1.82, 2.24) is 0 Å². The third-order valence-corrected chi connectivity index (χ3v) is 6.78. The number of carbonyl (C=O) groups is 2. The molecule has 8 heteroatoms. The maximum absolute atomic E-state index is 12.8. The molecule has 30 heavy (non-hydrogen) atoms. The Morgan fingerprint density at radius 3 is 2.33 bits per heavy atom. The van der Waals surface area contributed by atoms with E-state index in [4.69, 9.17) is 0 Å². The minimum atomic E-state index is -3.80. The summed E-state index contributed by atoms with van der Waals surface area (Å²) in [4.78, 5) is 26.1. The molecule has 158 valence electrons. The molecule has 0 aromatic heterocycles. The molecular weight excluding hydrogens is 402 g/mol. The highest BCUT2D eigenvalue weighted by Gasteiger charge is 2.36. The first-order valence-corrected chi connectivity index (χ1v) is 11.6. The molecule has 1 aliphatic carbocycles. The van der Waals surface area contributed by atoms with E-state index in [1.807, 2.05) is 6.07 Å². The molecule has 0 saturated heterocycles. The van der Waals surface area contributed by atoms with Crippen LogP contribution in [0.25, 0.3) is 0 Å². The summed E-state index contributed by atoms with van der Waals surface area (Å²) in [6.45, 7) is 4.21. The Kier molecular flexibility index (Phi) is 5.27. The topological polar surface area (TPSA) is 95.6 Å². The van der Waals surface area contributed by atoms with Crippen LogP contribution in [-0.2, 0) is 26.0 Å². The predicted octanol–water partition coefficient (Wildman–Crippen LogP) is 3.38. The Balaban J connectivity index is 1.50. The van der Waals surface area contributed by atoms with Gasteiger partial charge in [-0.05, 0) is 61.2 Å². The van der Waals surface area contributed by atoms with Crippen LogP contribution in [0.4, 0.5) is 17.1 Å². The van der Waals surface area contributed by atoms with E-state index < -0.39 is 10.0 Å². The van der Waals surface area contributed by atoms with Gasteiger partial charge in [0.05, 0.1) is 10.6 Å². The van der Waals surface area contributed by atoms with Crippen LogP contribution in [-0.4, -0.2) is 26.8 Å². The van der Waals surface area contributed by atoms with Crippen LogP contribution in [0.5, 0.6) is 0 Å². The zero-order valence-corrected chi connectivity index (χ0v) is 17.8. The monoisotopic (exact) mass is 427 g/mol. The zero-order chi connectivity index (χ0) is 21.5. The second-order valence-electron chi connectivity index (χ2n) is 8.13. The van der Waals surface area contributed by atoms with Crippen LogP contribution in [0.15, 0.2) is 47.4 Å². The summed E-state index contributed by atoms with van der Waals surface area (Å²) in [7, 11) is -3.80. The first-order chi connectivity index (χ1) is 14.2. The number of amides is 2. The van der Waals surface area contributed by atoms with Gasteiger partial charge >= 0.3 is 0 Å². The van der Waals surface area contributed by atoms with E-state index in [1.165, 1.54) is 12.1 Å². The molecule has 2 aromatic rings. The third kappa shape index (κ3) is 4.18. The zero-order valence-electron chi connectivity index (χ0n) is 17.0. The largest absolute Gasteiger partial charge is 0.326 e. The SMILES string of the molecule is CC(C)C(=O)Nc1ccc(S(=O)(=O)Nc2ccc3c(c2)N(C(=O)C2CC2)CC3)cc1.